The Hall–Kier alpha value is -1.93. The van der Waals surface area contributed by atoms with Gasteiger partial charge in [-0.25, -0.2) is 13.1 Å². The molecule has 0 saturated carbocycles. The molecule has 0 aromatic heterocycles. The molecule has 7 nitrogen and oxygen atoms in total. The molecule has 148 valence electrons. The molecule has 8 heteroatoms. The third-order valence-corrected chi connectivity index (χ3v) is 5.06. The van der Waals surface area contributed by atoms with Gasteiger partial charge in [-0.05, 0) is 30.4 Å². The van der Waals surface area contributed by atoms with E-state index in [1.807, 2.05) is 0 Å². The lowest BCUT2D eigenvalue weighted by molar-refractivity contribution is -0.109. The van der Waals surface area contributed by atoms with Crippen LogP contribution in [0.15, 0.2) is 40.2 Å². The summed E-state index contributed by atoms with van der Waals surface area (Å²) >= 11 is 0. The van der Waals surface area contributed by atoms with Gasteiger partial charge in [0.25, 0.3) is 0 Å². The lowest BCUT2D eigenvalue weighted by atomic mass is 9.94. The van der Waals surface area contributed by atoms with Gasteiger partial charge in [0.2, 0.25) is 10.0 Å². The molecule has 0 radical (unpaired) electrons. The highest BCUT2D eigenvalue weighted by atomic mass is 32.2. The van der Waals surface area contributed by atoms with Crippen molar-refractivity contribution in [3.05, 3.63) is 30.3 Å². The Kier molecular flexibility index (Phi) is 10.8. The van der Waals surface area contributed by atoms with Gasteiger partial charge in [-0.3, -0.25) is 4.99 Å². The van der Waals surface area contributed by atoms with Crippen LogP contribution in [-0.4, -0.2) is 33.3 Å². The number of guanidine groups is 1. The van der Waals surface area contributed by atoms with E-state index < -0.39 is 16.1 Å². The second kappa shape index (κ2) is 11.6. The van der Waals surface area contributed by atoms with Crippen LogP contribution in [0.4, 0.5) is 0 Å². The predicted octanol–water partition coefficient (Wildman–Crippen LogP) is 2.03. The molecule has 0 saturated heterocycles. The SMILES string of the molecule is CCC(C)(C)C.NC(N)=NCCC[C@@H](C=O)NS(=O)(=O)c1ccccc1. The monoisotopic (exact) mass is 384 g/mol. The molecular weight excluding hydrogens is 352 g/mol. The van der Waals surface area contributed by atoms with Crippen LogP contribution in [0.3, 0.4) is 0 Å². The molecule has 0 aliphatic carbocycles. The fraction of sp³-hybridized carbons (Fsp3) is 0.556. The molecule has 0 amide bonds. The molecule has 1 aromatic rings. The number of rotatable bonds is 8. The van der Waals surface area contributed by atoms with Crippen LogP contribution < -0.4 is 16.2 Å². The maximum atomic E-state index is 12.0. The summed E-state index contributed by atoms with van der Waals surface area (Å²) in [6.07, 6.45) is 2.66. The Morgan fingerprint density at radius 2 is 1.77 bits per heavy atom. The first-order chi connectivity index (χ1) is 12.0. The largest absolute Gasteiger partial charge is 0.370 e. The van der Waals surface area contributed by atoms with E-state index in [4.69, 9.17) is 11.5 Å². The first-order valence-electron chi connectivity index (χ1n) is 8.60. The summed E-state index contributed by atoms with van der Waals surface area (Å²) in [5.41, 5.74) is 10.9. The minimum Gasteiger partial charge on any atom is -0.370 e. The normalized spacial score (nSPS) is 12.5. The first-order valence-corrected chi connectivity index (χ1v) is 10.1. The molecule has 1 atom stereocenters. The van der Waals surface area contributed by atoms with Crippen LogP contribution >= 0.6 is 0 Å². The van der Waals surface area contributed by atoms with Crippen molar-refractivity contribution in [3.8, 4) is 0 Å². The Labute approximate surface area is 157 Å². The van der Waals surface area contributed by atoms with Gasteiger partial charge < -0.3 is 16.3 Å². The summed E-state index contributed by atoms with van der Waals surface area (Å²) in [7, 11) is -3.69. The maximum absolute atomic E-state index is 12.0. The Balaban J connectivity index is 0.000000896. The van der Waals surface area contributed by atoms with Gasteiger partial charge in [0.1, 0.15) is 6.29 Å². The predicted molar refractivity (Wildman–Crippen MR) is 106 cm³/mol. The fourth-order valence-corrected chi connectivity index (χ4v) is 2.76. The molecule has 0 heterocycles. The average Bonchev–Trinajstić information content (AvgIpc) is 2.58. The minimum absolute atomic E-state index is 0.0301. The molecule has 1 aromatic carbocycles. The van der Waals surface area contributed by atoms with Gasteiger partial charge >= 0.3 is 0 Å². The lowest BCUT2D eigenvalue weighted by Crippen LogP contribution is -2.36. The first kappa shape index (κ1) is 24.1. The number of sulfonamides is 1. The summed E-state index contributed by atoms with van der Waals surface area (Å²) in [5, 5.41) is 0. The number of aliphatic imine (C=N–C) groups is 1. The van der Waals surface area contributed by atoms with Crippen LogP contribution in [0.25, 0.3) is 0 Å². The van der Waals surface area contributed by atoms with Crippen molar-refractivity contribution in [3.63, 3.8) is 0 Å². The highest BCUT2D eigenvalue weighted by Crippen LogP contribution is 2.16. The number of benzene rings is 1. The van der Waals surface area contributed by atoms with E-state index in [9.17, 15) is 13.2 Å². The molecule has 0 spiro atoms. The van der Waals surface area contributed by atoms with E-state index in [1.54, 1.807) is 18.2 Å². The zero-order chi connectivity index (χ0) is 20.2. The van der Waals surface area contributed by atoms with Crippen LogP contribution in [0.1, 0.15) is 47.0 Å². The number of hydrogen-bond acceptors (Lipinski definition) is 4. The van der Waals surface area contributed by atoms with E-state index in [1.165, 1.54) is 18.6 Å². The quantitative estimate of drug-likeness (QED) is 0.273. The molecule has 0 unspecified atom stereocenters. The molecule has 0 aliphatic rings. The van der Waals surface area contributed by atoms with E-state index in [-0.39, 0.29) is 10.9 Å². The molecule has 0 fully saturated rings. The van der Waals surface area contributed by atoms with E-state index in [0.29, 0.717) is 31.1 Å². The molecule has 1 rings (SSSR count). The number of nitrogens with two attached hydrogens (primary N) is 2. The van der Waals surface area contributed by atoms with Gasteiger partial charge in [-0.15, -0.1) is 0 Å². The Morgan fingerprint density at radius 3 is 2.19 bits per heavy atom. The number of hydrogen-bond donors (Lipinski definition) is 3. The Bertz CT molecular complexity index is 649. The lowest BCUT2D eigenvalue weighted by Gasteiger charge is -2.12. The number of nitrogens with zero attached hydrogens (tertiary/aromatic N) is 1. The topological polar surface area (TPSA) is 128 Å². The number of nitrogens with one attached hydrogen (secondary N) is 1. The van der Waals surface area contributed by atoms with Gasteiger partial charge in [-0.1, -0.05) is 52.3 Å². The van der Waals surface area contributed by atoms with E-state index >= 15 is 0 Å². The second-order valence-corrected chi connectivity index (χ2v) is 8.75. The zero-order valence-corrected chi connectivity index (χ0v) is 16.9. The number of aldehydes is 1. The van der Waals surface area contributed by atoms with Gasteiger partial charge in [-0.2, -0.15) is 0 Å². The van der Waals surface area contributed by atoms with Crippen LogP contribution in [0.2, 0.25) is 0 Å². The van der Waals surface area contributed by atoms with E-state index in [2.05, 4.69) is 37.4 Å². The van der Waals surface area contributed by atoms with Crippen molar-refractivity contribution in [1.29, 1.82) is 0 Å². The second-order valence-electron chi connectivity index (χ2n) is 7.04. The van der Waals surface area contributed by atoms with Crippen LogP contribution in [-0.2, 0) is 14.8 Å². The van der Waals surface area contributed by atoms with Gasteiger partial charge in [0.15, 0.2) is 5.96 Å². The zero-order valence-electron chi connectivity index (χ0n) is 16.1. The van der Waals surface area contributed by atoms with Crippen molar-refractivity contribution < 1.29 is 13.2 Å². The summed E-state index contributed by atoms with van der Waals surface area (Å²) < 4.78 is 26.4. The highest BCUT2D eigenvalue weighted by molar-refractivity contribution is 7.89. The average molecular weight is 385 g/mol. The molecular formula is C18H32N4O3S. The molecule has 0 bridgehead atoms. The van der Waals surface area contributed by atoms with Crippen molar-refractivity contribution in [1.82, 2.24) is 4.72 Å². The van der Waals surface area contributed by atoms with Gasteiger partial charge in [0, 0.05) is 6.54 Å². The van der Waals surface area contributed by atoms with Crippen LogP contribution in [0.5, 0.6) is 0 Å². The van der Waals surface area contributed by atoms with Crippen molar-refractivity contribution in [2.45, 2.75) is 57.9 Å². The summed E-state index contributed by atoms with van der Waals surface area (Å²) in [6, 6.07) is 7.07. The van der Waals surface area contributed by atoms with Crippen LogP contribution in [0, 0.1) is 5.41 Å². The molecule has 5 N–H and O–H groups in total. The van der Waals surface area contributed by atoms with E-state index in [0.717, 1.165) is 0 Å². The maximum Gasteiger partial charge on any atom is 0.241 e. The van der Waals surface area contributed by atoms with Crippen molar-refractivity contribution >= 4 is 22.3 Å². The van der Waals surface area contributed by atoms with Gasteiger partial charge in [0.05, 0.1) is 10.9 Å². The summed E-state index contributed by atoms with van der Waals surface area (Å²) in [5.74, 6) is -0.0301. The third kappa shape index (κ3) is 11.6. The Morgan fingerprint density at radius 1 is 1.23 bits per heavy atom. The summed E-state index contributed by atoms with van der Waals surface area (Å²) in [4.78, 5) is 14.8. The molecule has 0 aliphatic heterocycles. The molecule has 26 heavy (non-hydrogen) atoms. The summed E-state index contributed by atoms with van der Waals surface area (Å²) in [6.45, 7) is 9.28. The van der Waals surface area contributed by atoms with Crippen molar-refractivity contribution in [2.24, 2.45) is 21.9 Å². The number of carbonyl (C=O) groups excluding carboxylic acids is 1. The highest BCUT2D eigenvalue weighted by Gasteiger charge is 2.18. The third-order valence-electron chi connectivity index (χ3n) is 3.55. The minimum atomic E-state index is -3.69. The van der Waals surface area contributed by atoms with Crippen molar-refractivity contribution in [2.75, 3.05) is 6.54 Å². The fourth-order valence-electron chi connectivity index (χ4n) is 1.54. The smallest absolute Gasteiger partial charge is 0.241 e. The number of carbonyl (C=O) groups is 1. The standard InChI is InChI=1S/C12H18N4O3S.C6H14/c13-12(14)15-8-4-5-10(9-17)16-20(18,19)11-6-2-1-3-7-11;1-5-6(2,3)4/h1-3,6-7,9-10,16H,4-5,8H2,(H4,13,14,15);5H2,1-4H3/t10-;/m0./s1.